The molecule has 0 saturated carbocycles. The molecule has 4 rings (SSSR count). The van der Waals surface area contributed by atoms with E-state index < -0.39 is 4.92 Å². The molecule has 33 heavy (non-hydrogen) atoms. The predicted molar refractivity (Wildman–Crippen MR) is 131 cm³/mol. The molecule has 1 heterocycles. The highest BCUT2D eigenvalue weighted by molar-refractivity contribution is 7.80. The van der Waals surface area contributed by atoms with Gasteiger partial charge in [-0.25, -0.2) is 0 Å². The van der Waals surface area contributed by atoms with Crippen molar-refractivity contribution in [3.05, 3.63) is 105 Å². The van der Waals surface area contributed by atoms with Gasteiger partial charge in [0.1, 0.15) is 18.1 Å². The van der Waals surface area contributed by atoms with Crippen LogP contribution in [0.15, 0.2) is 78.5 Å². The lowest BCUT2D eigenvalue weighted by Crippen LogP contribution is -2.30. The molecular formula is C24H18ClN3O4S. The van der Waals surface area contributed by atoms with E-state index in [1.54, 1.807) is 48.4 Å². The van der Waals surface area contributed by atoms with Crippen molar-refractivity contribution in [2.24, 2.45) is 0 Å². The van der Waals surface area contributed by atoms with Crippen molar-refractivity contribution in [2.75, 3.05) is 11.9 Å². The van der Waals surface area contributed by atoms with Gasteiger partial charge in [0.25, 0.3) is 11.6 Å². The molecule has 0 aromatic heterocycles. The molecule has 3 aromatic carbocycles. The molecule has 9 heteroatoms. The number of carbonyl (C=O) groups is 1. The second kappa shape index (κ2) is 9.40. The third-order valence-corrected chi connectivity index (χ3v) is 5.80. The number of nitrogens with zero attached hydrogens (tertiary/aromatic N) is 3. The number of hydrogen-bond acceptors (Lipinski definition) is 5. The van der Waals surface area contributed by atoms with Crippen LogP contribution in [0, 0.1) is 10.1 Å². The van der Waals surface area contributed by atoms with E-state index in [2.05, 4.69) is 0 Å². The molecule has 1 aliphatic heterocycles. The van der Waals surface area contributed by atoms with E-state index in [0.29, 0.717) is 38.4 Å². The van der Waals surface area contributed by atoms with E-state index >= 15 is 0 Å². The van der Waals surface area contributed by atoms with Crippen molar-refractivity contribution in [3.8, 4) is 5.75 Å². The lowest BCUT2D eigenvalue weighted by molar-refractivity contribution is -0.384. The number of anilines is 1. The van der Waals surface area contributed by atoms with Crippen LogP contribution < -0.4 is 9.64 Å². The topological polar surface area (TPSA) is 75.9 Å². The number of benzene rings is 3. The Morgan fingerprint density at radius 2 is 1.85 bits per heavy atom. The quantitative estimate of drug-likeness (QED) is 0.203. The first-order chi connectivity index (χ1) is 15.8. The average Bonchev–Trinajstić information content (AvgIpc) is 3.02. The van der Waals surface area contributed by atoms with Gasteiger partial charge in [-0.2, -0.15) is 0 Å². The Bertz CT molecular complexity index is 1280. The van der Waals surface area contributed by atoms with E-state index in [1.807, 2.05) is 30.3 Å². The largest absolute Gasteiger partial charge is 0.487 e. The van der Waals surface area contributed by atoms with Crippen LogP contribution in [-0.2, 0) is 11.4 Å². The van der Waals surface area contributed by atoms with Crippen LogP contribution in [0.3, 0.4) is 0 Å². The Kier molecular flexibility index (Phi) is 6.39. The zero-order chi connectivity index (χ0) is 23.5. The van der Waals surface area contributed by atoms with Crippen molar-refractivity contribution < 1.29 is 14.5 Å². The minimum Gasteiger partial charge on any atom is -0.487 e. The lowest BCUT2D eigenvalue weighted by Gasteiger charge is -2.16. The summed E-state index contributed by atoms with van der Waals surface area (Å²) in [5.41, 5.74) is 2.47. The fourth-order valence-corrected chi connectivity index (χ4v) is 3.89. The third kappa shape index (κ3) is 4.72. The van der Waals surface area contributed by atoms with Crippen LogP contribution in [0.1, 0.15) is 11.1 Å². The number of rotatable bonds is 6. The summed E-state index contributed by atoms with van der Waals surface area (Å²) in [6, 6.07) is 20.6. The Labute approximate surface area is 200 Å². The number of para-hydroxylation sites is 1. The van der Waals surface area contributed by atoms with Crippen LogP contribution in [0.25, 0.3) is 6.08 Å². The van der Waals surface area contributed by atoms with E-state index in [9.17, 15) is 14.9 Å². The minimum absolute atomic E-state index is 0.00280. The molecule has 7 nitrogen and oxygen atoms in total. The van der Waals surface area contributed by atoms with Crippen molar-refractivity contribution in [1.82, 2.24) is 4.90 Å². The first-order valence-corrected chi connectivity index (χ1v) is 10.7. The van der Waals surface area contributed by atoms with Crippen LogP contribution in [0.5, 0.6) is 5.75 Å². The predicted octanol–water partition coefficient (Wildman–Crippen LogP) is 5.43. The maximum Gasteiger partial charge on any atom is 0.281 e. The summed E-state index contributed by atoms with van der Waals surface area (Å²) in [5, 5.41) is 11.7. The Hall–Kier alpha value is -3.75. The summed E-state index contributed by atoms with van der Waals surface area (Å²) in [6.07, 6.45) is 1.72. The van der Waals surface area contributed by atoms with Gasteiger partial charge < -0.3 is 9.64 Å². The number of thiocarbonyl (C=S) groups is 1. The number of non-ortho nitro benzene ring substituents is 1. The number of hydrogen-bond donors (Lipinski definition) is 0. The molecule has 166 valence electrons. The van der Waals surface area contributed by atoms with Crippen LogP contribution >= 0.6 is 23.8 Å². The minimum atomic E-state index is -0.454. The van der Waals surface area contributed by atoms with Gasteiger partial charge in [-0.1, -0.05) is 48.0 Å². The summed E-state index contributed by atoms with van der Waals surface area (Å²) in [5.74, 6) is 0.202. The van der Waals surface area contributed by atoms with Crippen LogP contribution in [0.4, 0.5) is 11.4 Å². The molecule has 0 bridgehead atoms. The second-order valence-corrected chi connectivity index (χ2v) is 8.03. The van der Waals surface area contributed by atoms with E-state index in [0.717, 1.165) is 0 Å². The molecule has 0 unspecified atom stereocenters. The number of halogens is 1. The molecule has 0 aliphatic carbocycles. The molecular weight excluding hydrogens is 462 g/mol. The SMILES string of the molecule is CN1C(=S)N(c2ccccc2)C(=O)/C1=C/c1ccc(OCc2cccc([N+](=O)[O-])c2)c(Cl)c1. The molecule has 0 spiro atoms. The standard InChI is InChI=1S/C24H18ClN3O4S/c1-26-21(23(29)27(24(26)33)18-7-3-2-4-8-18)14-16-10-11-22(20(25)13-16)32-15-17-6-5-9-19(12-17)28(30)31/h2-14H,15H2,1H3/b21-14-. The maximum atomic E-state index is 13.0. The molecule has 0 atom stereocenters. The second-order valence-electron chi connectivity index (χ2n) is 7.25. The smallest absolute Gasteiger partial charge is 0.281 e. The fraction of sp³-hybridized carbons (Fsp3) is 0.0833. The fourth-order valence-electron chi connectivity index (χ4n) is 3.36. The molecule has 1 aliphatic rings. The summed E-state index contributed by atoms with van der Waals surface area (Å²) in [6.45, 7) is 0.128. The van der Waals surface area contributed by atoms with Crippen molar-refractivity contribution in [3.63, 3.8) is 0 Å². The molecule has 1 amide bonds. The third-order valence-electron chi connectivity index (χ3n) is 5.05. The highest BCUT2D eigenvalue weighted by Gasteiger charge is 2.36. The van der Waals surface area contributed by atoms with Gasteiger partial charge in [-0.3, -0.25) is 19.8 Å². The van der Waals surface area contributed by atoms with Gasteiger partial charge in [-0.05, 0) is 53.7 Å². The lowest BCUT2D eigenvalue weighted by atomic mass is 10.1. The van der Waals surface area contributed by atoms with E-state index in [1.165, 1.54) is 17.0 Å². The number of ether oxygens (including phenoxy) is 1. The van der Waals surface area contributed by atoms with Gasteiger partial charge in [-0.15, -0.1) is 0 Å². The van der Waals surface area contributed by atoms with Crippen molar-refractivity contribution >= 4 is 52.3 Å². The van der Waals surface area contributed by atoms with Gasteiger partial charge in [0.2, 0.25) is 0 Å². The Morgan fingerprint density at radius 3 is 2.55 bits per heavy atom. The number of nitro benzene ring substituents is 1. The average molecular weight is 480 g/mol. The van der Waals surface area contributed by atoms with Crippen molar-refractivity contribution in [1.29, 1.82) is 0 Å². The van der Waals surface area contributed by atoms with E-state index in [-0.39, 0.29) is 18.2 Å². The van der Waals surface area contributed by atoms with Gasteiger partial charge in [0.05, 0.1) is 15.6 Å². The number of nitro groups is 1. The number of likely N-dealkylation sites (N-methyl/N-ethyl adjacent to an activating group) is 1. The maximum absolute atomic E-state index is 13.0. The zero-order valence-electron chi connectivity index (χ0n) is 17.5. The summed E-state index contributed by atoms with van der Waals surface area (Å²) < 4.78 is 5.74. The van der Waals surface area contributed by atoms with Crippen LogP contribution in [0.2, 0.25) is 5.02 Å². The van der Waals surface area contributed by atoms with Gasteiger partial charge in [0, 0.05) is 19.2 Å². The first kappa shape index (κ1) is 22.4. The monoisotopic (exact) mass is 479 g/mol. The van der Waals surface area contributed by atoms with Gasteiger partial charge >= 0.3 is 0 Å². The highest BCUT2D eigenvalue weighted by Crippen LogP contribution is 2.31. The Balaban J connectivity index is 1.52. The summed E-state index contributed by atoms with van der Waals surface area (Å²) in [4.78, 5) is 26.7. The highest BCUT2D eigenvalue weighted by atomic mass is 35.5. The van der Waals surface area contributed by atoms with Crippen LogP contribution in [-0.4, -0.2) is 27.9 Å². The molecule has 0 N–H and O–H groups in total. The number of carbonyl (C=O) groups excluding carboxylic acids is 1. The molecule has 0 radical (unpaired) electrons. The normalized spacial score (nSPS) is 14.8. The zero-order valence-corrected chi connectivity index (χ0v) is 19.0. The van der Waals surface area contributed by atoms with Gasteiger partial charge in [0.15, 0.2) is 5.11 Å². The Morgan fingerprint density at radius 1 is 1.09 bits per heavy atom. The summed E-state index contributed by atoms with van der Waals surface area (Å²) >= 11 is 11.9. The first-order valence-electron chi connectivity index (χ1n) is 9.90. The molecule has 1 fully saturated rings. The van der Waals surface area contributed by atoms with E-state index in [4.69, 9.17) is 28.6 Å². The number of amides is 1. The summed E-state index contributed by atoms with van der Waals surface area (Å²) in [7, 11) is 1.74. The molecule has 3 aromatic rings. The molecule has 1 saturated heterocycles. The van der Waals surface area contributed by atoms with Crippen molar-refractivity contribution in [2.45, 2.75) is 6.61 Å².